The molecular formula is C26H20F3N3O2. The van der Waals surface area contributed by atoms with Crippen LogP contribution in [0.4, 0.5) is 18.9 Å². The number of nitrogens with zero attached hydrogens (tertiary/aromatic N) is 2. The number of alkyl halides is 2. The number of hydrogen-bond donors (Lipinski definition) is 1. The highest BCUT2D eigenvalue weighted by atomic mass is 19.3. The molecule has 1 aliphatic rings. The molecule has 3 aromatic rings. The van der Waals surface area contributed by atoms with E-state index in [2.05, 4.69) is 16.2 Å². The van der Waals surface area contributed by atoms with Crippen LogP contribution in [0.1, 0.15) is 22.3 Å². The summed E-state index contributed by atoms with van der Waals surface area (Å²) in [6.07, 6.45) is 7.70. The van der Waals surface area contributed by atoms with Crippen molar-refractivity contribution in [1.82, 2.24) is 9.88 Å². The van der Waals surface area contributed by atoms with Crippen molar-refractivity contribution < 1.29 is 22.8 Å². The molecule has 1 aliphatic heterocycles. The molecule has 1 N–H and O–H groups in total. The van der Waals surface area contributed by atoms with Crippen LogP contribution in [0.25, 0.3) is 11.1 Å². The lowest BCUT2D eigenvalue weighted by Crippen LogP contribution is -2.52. The molecule has 2 amide bonds. The third-order valence-corrected chi connectivity index (χ3v) is 5.52. The van der Waals surface area contributed by atoms with Crippen molar-refractivity contribution in [2.45, 2.75) is 12.3 Å². The summed E-state index contributed by atoms with van der Waals surface area (Å²) in [5.41, 5.74) is 1.86. The van der Waals surface area contributed by atoms with Crippen LogP contribution in [0.15, 0.2) is 67.0 Å². The summed E-state index contributed by atoms with van der Waals surface area (Å²) in [5, 5.41) is 2.59. The van der Waals surface area contributed by atoms with Gasteiger partial charge in [0.05, 0.1) is 12.5 Å². The zero-order chi connectivity index (χ0) is 24.3. The van der Waals surface area contributed by atoms with E-state index >= 15 is 0 Å². The van der Waals surface area contributed by atoms with Gasteiger partial charge in [-0.1, -0.05) is 12.0 Å². The highest BCUT2D eigenvalue weighted by Gasteiger charge is 2.44. The first-order valence-electron chi connectivity index (χ1n) is 10.5. The average Bonchev–Trinajstić information content (AvgIpc) is 2.82. The predicted molar refractivity (Wildman–Crippen MR) is 122 cm³/mol. The number of halogens is 3. The molecule has 0 spiro atoms. The summed E-state index contributed by atoms with van der Waals surface area (Å²) in [6, 6.07) is 13.4. The van der Waals surface area contributed by atoms with Crippen LogP contribution in [0.2, 0.25) is 0 Å². The van der Waals surface area contributed by atoms with E-state index in [-0.39, 0.29) is 12.1 Å². The third kappa shape index (κ3) is 5.26. The van der Waals surface area contributed by atoms with Crippen LogP contribution in [-0.2, 0) is 4.79 Å². The van der Waals surface area contributed by atoms with E-state index in [0.717, 1.165) is 11.0 Å². The summed E-state index contributed by atoms with van der Waals surface area (Å²) in [5.74, 6) is -4.10. The Bertz CT molecular complexity index is 1270. The number of carbonyl (C=O) groups is 2. The lowest BCUT2D eigenvalue weighted by atomic mass is 9.93. The number of terminal acetylenes is 1. The molecule has 1 unspecified atom stereocenters. The van der Waals surface area contributed by atoms with E-state index in [1.54, 1.807) is 36.4 Å². The molecule has 0 radical (unpaired) electrons. The van der Waals surface area contributed by atoms with Crippen molar-refractivity contribution in [1.29, 1.82) is 0 Å². The molecule has 2 heterocycles. The number of anilines is 1. The smallest absolute Gasteiger partial charge is 0.266 e. The summed E-state index contributed by atoms with van der Waals surface area (Å²) in [4.78, 5) is 30.7. The number of carbonyl (C=O) groups excluding carboxylic acids is 2. The van der Waals surface area contributed by atoms with E-state index in [0.29, 0.717) is 22.4 Å². The minimum Gasteiger partial charge on any atom is -0.332 e. The quantitative estimate of drug-likeness (QED) is 0.575. The number of benzene rings is 2. The molecule has 1 atom stereocenters. The number of nitrogens with one attached hydrogen (secondary N) is 1. The second kappa shape index (κ2) is 9.40. The number of piperidine rings is 1. The van der Waals surface area contributed by atoms with Gasteiger partial charge in [0.25, 0.3) is 11.8 Å². The minimum absolute atomic E-state index is 0.0783. The number of pyridine rings is 1. The largest absolute Gasteiger partial charge is 0.332 e. The van der Waals surface area contributed by atoms with Crippen molar-refractivity contribution in [2.75, 3.05) is 18.4 Å². The number of aromatic nitrogens is 1. The third-order valence-electron chi connectivity index (χ3n) is 5.52. The normalized spacial score (nSPS) is 17.0. The van der Waals surface area contributed by atoms with Gasteiger partial charge in [-0.15, -0.1) is 6.42 Å². The fourth-order valence-corrected chi connectivity index (χ4v) is 3.97. The molecule has 1 aromatic heterocycles. The van der Waals surface area contributed by atoms with Gasteiger partial charge in [0.2, 0.25) is 5.91 Å². The summed E-state index contributed by atoms with van der Waals surface area (Å²) < 4.78 is 43.4. The second-order valence-electron chi connectivity index (χ2n) is 8.12. The van der Waals surface area contributed by atoms with Crippen LogP contribution in [0.5, 0.6) is 0 Å². The molecule has 0 bridgehead atoms. The molecular weight excluding hydrogens is 443 g/mol. The van der Waals surface area contributed by atoms with Crippen molar-refractivity contribution >= 4 is 17.5 Å². The molecule has 1 saturated heterocycles. The molecule has 8 heteroatoms. The van der Waals surface area contributed by atoms with Gasteiger partial charge in [-0.2, -0.15) is 0 Å². The van der Waals surface area contributed by atoms with Crippen LogP contribution in [0, 0.1) is 24.1 Å². The maximum absolute atomic E-state index is 14.5. The fourth-order valence-electron chi connectivity index (χ4n) is 3.97. The lowest BCUT2D eigenvalue weighted by Gasteiger charge is -2.37. The van der Waals surface area contributed by atoms with E-state index in [9.17, 15) is 22.8 Å². The fraction of sp³-hybridized carbons (Fsp3) is 0.192. The lowest BCUT2D eigenvalue weighted by molar-refractivity contribution is -0.130. The molecule has 2 aromatic carbocycles. The Kier molecular flexibility index (Phi) is 6.37. The standard InChI is InChI=1S/C26H20F3N3O2/c1-2-17-4-3-5-23(10-17)31-24(33)21-14-26(28,29)16-32(15-21)25(34)20-11-19(12-22(27)13-20)18-6-8-30-9-7-18/h1,3-13,21H,14-16H2,(H,31,33). The highest BCUT2D eigenvalue weighted by Crippen LogP contribution is 2.32. The Morgan fingerprint density at radius 2 is 1.85 bits per heavy atom. The summed E-state index contributed by atoms with van der Waals surface area (Å²) >= 11 is 0. The Labute approximate surface area is 194 Å². The molecule has 172 valence electrons. The zero-order valence-corrected chi connectivity index (χ0v) is 18.0. The monoisotopic (exact) mass is 463 g/mol. The van der Waals surface area contributed by atoms with Gasteiger partial charge in [0, 0.05) is 42.2 Å². The molecule has 34 heavy (non-hydrogen) atoms. The minimum atomic E-state index is -3.28. The Hall–Kier alpha value is -4.12. The van der Waals surface area contributed by atoms with Crippen molar-refractivity contribution in [3.8, 4) is 23.5 Å². The van der Waals surface area contributed by atoms with E-state index in [1.807, 2.05) is 0 Å². The first-order chi connectivity index (χ1) is 16.2. The van der Waals surface area contributed by atoms with Gasteiger partial charge in [0.15, 0.2) is 0 Å². The van der Waals surface area contributed by atoms with Gasteiger partial charge >= 0.3 is 0 Å². The van der Waals surface area contributed by atoms with Crippen LogP contribution in [-0.4, -0.2) is 40.7 Å². The number of amides is 2. The Balaban J connectivity index is 1.56. The van der Waals surface area contributed by atoms with Crippen molar-refractivity contribution in [2.24, 2.45) is 5.92 Å². The SMILES string of the molecule is C#Cc1cccc(NC(=O)C2CN(C(=O)c3cc(F)cc(-c4ccncc4)c3)CC(F)(F)C2)c1. The summed E-state index contributed by atoms with van der Waals surface area (Å²) in [6.45, 7) is -1.08. The van der Waals surface area contributed by atoms with Gasteiger partial charge in [-0.25, -0.2) is 13.2 Å². The van der Waals surface area contributed by atoms with Crippen molar-refractivity contribution in [3.05, 3.63) is 83.9 Å². The van der Waals surface area contributed by atoms with E-state index in [4.69, 9.17) is 6.42 Å². The topological polar surface area (TPSA) is 62.3 Å². The first-order valence-corrected chi connectivity index (χ1v) is 10.5. The number of hydrogen-bond acceptors (Lipinski definition) is 3. The molecule has 5 nitrogen and oxygen atoms in total. The Morgan fingerprint density at radius 3 is 2.59 bits per heavy atom. The van der Waals surface area contributed by atoms with Crippen LogP contribution >= 0.6 is 0 Å². The average molecular weight is 463 g/mol. The molecule has 0 saturated carbocycles. The van der Waals surface area contributed by atoms with Gasteiger partial charge < -0.3 is 10.2 Å². The Morgan fingerprint density at radius 1 is 1.09 bits per heavy atom. The second-order valence-corrected chi connectivity index (χ2v) is 8.12. The maximum atomic E-state index is 14.5. The van der Waals surface area contributed by atoms with Crippen LogP contribution < -0.4 is 5.32 Å². The van der Waals surface area contributed by atoms with Gasteiger partial charge in [-0.05, 0) is 59.7 Å². The molecule has 1 fully saturated rings. The predicted octanol–water partition coefficient (Wildman–Crippen LogP) is 4.61. The zero-order valence-electron chi connectivity index (χ0n) is 18.0. The number of likely N-dealkylation sites (tertiary alicyclic amines) is 1. The van der Waals surface area contributed by atoms with Gasteiger partial charge in [0.1, 0.15) is 5.82 Å². The number of rotatable bonds is 4. The van der Waals surface area contributed by atoms with Crippen molar-refractivity contribution in [3.63, 3.8) is 0 Å². The molecule has 4 rings (SSSR count). The van der Waals surface area contributed by atoms with E-state index < -0.39 is 42.4 Å². The van der Waals surface area contributed by atoms with Crippen LogP contribution in [0.3, 0.4) is 0 Å². The highest BCUT2D eigenvalue weighted by molar-refractivity contribution is 5.97. The van der Waals surface area contributed by atoms with Gasteiger partial charge in [-0.3, -0.25) is 14.6 Å². The summed E-state index contributed by atoms with van der Waals surface area (Å²) in [7, 11) is 0. The first kappa shape index (κ1) is 23.1. The molecule has 0 aliphatic carbocycles. The van der Waals surface area contributed by atoms with E-state index in [1.165, 1.54) is 24.5 Å². The maximum Gasteiger partial charge on any atom is 0.266 e.